The lowest BCUT2D eigenvalue weighted by molar-refractivity contribution is 0.872. The summed E-state index contributed by atoms with van der Waals surface area (Å²) in [5.41, 5.74) is 3.22. The third-order valence-electron chi connectivity index (χ3n) is 5.08. The molecule has 1 aromatic heterocycles. The van der Waals surface area contributed by atoms with Crippen molar-refractivity contribution in [3.8, 4) is 11.4 Å². The topological polar surface area (TPSA) is 46.0 Å². The average Bonchev–Trinajstić information content (AvgIpc) is 3.12. The Labute approximate surface area is 173 Å². The molecule has 29 heavy (non-hydrogen) atoms. The Bertz CT molecular complexity index is 1370. The molecule has 1 N–H and O–H groups in total. The number of benzene rings is 4. The minimum atomic E-state index is 0.460. The lowest BCUT2D eigenvalue weighted by Gasteiger charge is -2.08. The van der Waals surface area contributed by atoms with Crippen LogP contribution in [0, 0.1) is 11.7 Å². The largest absolute Gasteiger partial charge is 0.250 e. The molecule has 0 amide bonds. The Kier molecular flexibility index (Phi) is 4.30. The van der Waals surface area contributed by atoms with Crippen LogP contribution in [0.3, 0.4) is 0 Å². The summed E-state index contributed by atoms with van der Waals surface area (Å²) in [7, 11) is 0. The predicted molar refractivity (Wildman–Crippen MR) is 122 cm³/mol. The van der Waals surface area contributed by atoms with Crippen LogP contribution in [0.25, 0.3) is 32.9 Å². The van der Waals surface area contributed by atoms with Crippen LogP contribution >= 0.6 is 12.2 Å². The van der Waals surface area contributed by atoms with Gasteiger partial charge in [-0.1, -0.05) is 78.4 Å². The summed E-state index contributed by atoms with van der Waals surface area (Å²) >= 11 is 5.44. The number of fused-ring (bicyclic) bond motifs is 2. The molecule has 0 aliphatic rings. The van der Waals surface area contributed by atoms with Crippen molar-refractivity contribution in [3.63, 3.8) is 0 Å². The fraction of sp³-hybridized carbons (Fsp3) is 0.0417. The molecule has 0 aliphatic heterocycles. The molecule has 0 atom stereocenters. The standard InChI is InChI=1S/C24H18N4S/c1-16-10-12-17(13-11-16)23-26-27-24(29)28(23)25-15-22-20-8-4-2-6-18(20)14-19-7-3-5-9-21(19)22/h2-15H,1H3,(H,27,29)/b25-15-. The quantitative estimate of drug-likeness (QED) is 0.228. The van der Waals surface area contributed by atoms with E-state index >= 15 is 0 Å². The first-order valence-electron chi connectivity index (χ1n) is 9.40. The van der Waals surface area contributed by atoms with Gasteiger partial charge >= 0.3 is 0 Å². The second kappa shape index (κ2) is 7.11. The van der Waals surface area contributed by atoms with Gasteiger partial charge in [0.25, 0.3) is 0 Å². The van der Waals surface area contributed by atoms with Gasteiger partial charge in [0.2, 0.25) is 4.77 Å². The first-order chi connectivity index (χ1) is 14.2. The lowest BCUT2D eigenvalue weighted by Crippen LogP contribution is -1.96. The summed E-state index contributed by atoms with van der Waals surface area (Å²) in [5, 5.41) is 16.7. The van der Waals surface area contributed by atoms with E-state index in [1.165, 1.54) is 16.3 Å². The van der Waals surface area contributed by atoms with E-state index in [9.17, 15) is 0 Å². The Morgan fingerprint density at radius 2 is 1.52 bits per heavy atom. The number of hydrogen-bond acceptors (Lipinski definition) is 3. The maximum absolute atomic E-state index is 5.44. The highest BCUT2D eigenvalue weighted by Gasteiger charge is 2.09. The zero-order chi connectivity index (χ0) is 19.8. The van der Waals surface area contributed by atoms with Crippen molar-refractivity contribution in [2.45, 2.75) is 6.92 Å². The van der Waals surface area contributed by atoms with Crippen LogP contribution < -0.4 is 0 Å². The van der Waals surface area contributed by atoms with E-state index in [1.54, 1.807) is 4.68 Å². The highest BCUT2D eigenvalue weighted by molar-refractivity contribution is 7.71. The minimum Gasteiger partial charge on any atom is -0.250 e. The van der Waals surface area contributed by atoms with Gasteiger partial charge in [0, 0.05) is 11.1 Å². The minimum absolute atomic E-state index is 0.460. The van der Waals surface area contributed by atoms with Gasteiger partial charge in [-0.2, -0.15) is 14.9 Å². The molecule has 5 aromatic rings. The van der Waals surface area contributed by atoms with Crippen LogP contribution in [0.1, 0.15) is 11.1 Å². The van der Waals surface area contributed by atoms with Crippen molar-refractivity contribution in [2.24, 2.45) is 5.10 Å². The van der Waals surface area contributed by atoms with Crippen molar-refractivity contribution < 1.29 is 0 Å². The number of nitrogens with one attached hydrogen (secondary N) is 1. The van der Waals surface area contributed by atoms with E-state index < -0.39 is 0 Å². The molecule has 140 valence electrons. The number of hydrogen-bond donors (Lipinski definition) is 1. The second-order valence-corrected chi connectivity index (χ2v) is 7.39. The van der Waals surface area contributed by atoms with Gasteiger partial charge in [0.15, 0.2) is 5.82 Å². The summed E-state index contributed by atoms with van der Waals surface area (Å²) in [5.74, 6) is 0.691. The third kappa shape index (κ3) is 3.15. The fourth-order valence-corrected chi connectivity index (χ4v) is 3.77. The molecule has 0 unspecified atom stereocenters. The van der Waals surface area contributed by atoms with E-state index in [-0.39, 0.29) is 0 Å². The van der Waals surface area contributed by atoms with Crippen LogP contribution in [0.4, 0.5) is 0 Å². The molecule has 0 aliphatic carbocycles. The normalized spacial score (nSPS) is 11.6. The number of H-pyrrole nitrogens is 1. The number of aryl methyl sites for hydroxylation is 1. The van der Waals surface area contributed by atoms with Crippen LogP contribution in [0.2, 0.25) is 0 Å². The molecule has 5 heteroatoms. The smallest absolute Gasteiger partial charge is 0.216 e. The van der Waals surface area contributed by atoms with Crippen LogP contribution in [-0.4, -0.2) is 21.1 Å². The highest BCUT2D eigenvalue weighted by Crippen LogP contribution is 2.27. The molecule has 0 saturated carbocycles. The molecule has 0 saturated heterocycles. The molecule has 1 heterocycles. The van der Waals surface area contributed by atoms with E-state index in [0.29, 0.717) is 10.6 Å². The maximum atomic E-state index is 5.44. The lowest BCUT2D eigenvalue weighted by atomic mass is 9.97. The summed E-state index contributed by atoms with van der Waals surface area (Å²) < 4.78 is 2.14. The van der Waals surface area contributed by atoms with E-state index in [1.807, 2.05) is 18.3 Å². The van der Waals surface area contributed by atoms with Gasteiger partial charge < -0.3 is 0 Å². The maximum Gasteiger partial charge on any atom is 0.216 e. The predicted octanol–water partition coefficient (Wildman–Crippen LogP) is 6.10. The number of aromatic nitrogens is 3. The Morgan fingerprint density at radius 1 is 0.897 bits per heavy atom. The highest BCUT2D eigenvalue weighted by atomic mass is 32.1. The van der Waals surface area contributed by atoms with Gasteiger partial charge in [-0.15, -0.1) is 0 Å². The summed E-state index contributed by atoms with van der Waals surface area (Å²) in [6, 6.07) is 27.1. The first-order valence-corrected chi connectivity index (χ1v) is 9.81. The molecule has 0 fully saturated rings. The third-order valence-corrected chi connectivity index (χ3v) is 5.34. The van der Waals surface area contributed by atoms with Gasteiger partial charge in [0.1, 0.15) is 0 Å². The van der Waals surface area contributed by atoms with Crippen molar-refractivity contribution in [3.05, 3.63) is 94.8 Å². The van der Waals surface area contributed by atoms with Gasteiger partial charge in [-0.05, 0) is 46.8 Å². The summed E-state index contributed by atoms with van der Waals surface area (Å²) in [6.45, 7) is 2.06. The molecule has 4 nitrogen and oxygen atoms in total. The molecule has 0 bridgehead atoms. The SMILES string of the molecule is Cc1ccc(-c2n[nH]c(=S)n2/N=C\c2c3ccccc3cc3ccccc23)cc1. The second-order valence-electron chi connectivity index (χ2n) is 7.01. The molecule has 0 radical (unpaired) electrons. The van der Waals surface area contributed by atoms with E-state index in [0.717, 1.165) is 21.9 Å². The zero-order valence-electron chi connectivity index (χ0n) is 15.8. The molecule has 4 aromatic carbocycles. The molecule has 0 spiro atoms. The van der Waals surface area contributed by atoms with E-state index in [2.05, 4.69) is 83.9 Å². The van der Waals surface area contributed by atoms with Crippen molar-refractivity contribution in [1.82, 2.24) is 14.9 Å². The van der Waals surface area contributed by atoms with Gasteiger partial charge in [-0.25, -0.2) is 5.10 Å². The van der Waals surface area contributed by atoms with Gasteiger partial charge in [0.05, 0.1) is 6.21 Å². The average molecular weight is 395 g/mol. The van der Waals surface area contributed by atoms with Crippen molar-refractivity contribution >= 4 is 40.0 Å². The Balaban J connectivity index is 1.70. The number of nitrogens with zero attached hydrogens (tertiary/aromatic N) is 3. The first kappa shape index (κ1) is 17.5. The van der Waals surface area contributed by atoms with Crippen molar-refractivity contribution in [2.75, 3.05) is 0 Å². The van der Waals surface area contributed by atoms with Gasteiger partial charge in [-0.3, -0.25) is 0 Å². The molecule has 5 rings (SSSR count). The fourth-order valence-electron chi connectivity index (χ4n) is 3.59. The number of rotatable bonds is 3. The monoisotopic (exact) mass is 394 g/mol. The van der Waals surface area contributed by atoms with Crippen LogP contribution in [0.5, 0.6) is 0 Å². The molecular formula is C24H18N4S. The van der Waals surface area contributed by atoms with Crippen LogP contribution in [-0.2, 0) is 0 Å². The Morgan fingerprint density at radius 3 is 2.17 bits per heavy atom. The van der Waals surface area contributed by atoms with E-state index in [4.69, 9.17) is 17.3 Å². The van der Waals surface area contributed by atoms with Crippen molar-refractivity contribution in [1.29, 1.82) is 0 Å². The number of aromatic amines is 1. The Hall–Kier alpha value is -3.57. The summed E-state index contributed by atoms with van der Waals surface area (Å²) in [4.78, 5) is 0. The zero-order valence-corrected chi connectivity index (χ0v) is 16.6. The summed E-state index contributed by atoms with van der Waals surface area (Å²) in [6.07, 6.45) is 1.88. The van der Waals surface area contributed by atoms with Crippen LogP contribution in [0.15, 0.2) is 84.0 Å². The molecular weight excluding hydrogens is 376 g/mol.